The van der Waals surface area contributed by atoms with E-state index in [0.717, 1.165) is 12.8 Å². The Bertz CT molecular complexity index is 1240. The van der Waals surface area contributed by atoms with E-state index in [9.17, 15) is 27.6 Å². The molecule has 2 N–H and O–H groups in total. The third-order valence-corrected chi connectivity index (χ3v) is 4.45. The Balaban J connectivity index is 1.58. The van der Waals surface area contributed by atoms with Crippen molar-refractivity contribution in [3.05, 3.63) is 62.9 Å². The topological polar surface area (TPSA) is 106 Å². The van der Waals surface area contributed by atoms with Crippen LogP contribution in [-0.2, 0) is 0 Å². The van der Waals surface area contributed by atoms with Gasteiger partial charge < -0.3 is 10.1 Å². The number of aromatic nitrogens is 3. The minimum absolute atomic E-state index is 0.0246. The van der Waals surface area contributed by atoms with E-state index < -0.39 is 29.9 Å². The van der Waals surface area contributed by atoms with E-state index in [-0.39, 0.29) is 34.1 Å². The number of nitrogens with zero attached hydrogens (tertiary/aromatic N) is 2. The van der Waals surface area contributed by atoms with Gasteiger partial charge in [0.2, 0.25) is 0 Å². The van der Waals surface area contributed by atoms with Gasteiger partial charge in [0.15, 0.2) is 6.61 Å². The third-order valence-electron chi connectivity index (χ3n) is 4.45. The summed E-state index contributed by atoms with van der Waals surface area (Å²) in [6.07, 6.45) is -1.64. The average molecular weight is 420 g/mol. The molecule has 0 aliphatic heterocycles. The van der Waals surface area contributed by atoms with E-state index in [1.807, 2.05) is 0 Å². The number of anilines is 1. The summed E-state index contributed by atoms with van der Waals surface area (Å²) in [4.78, 5) is 43.1. The maximum Gasteiger partial charge on any atom is 0.422 e. The van der Waals surface area contributed by atoms with Crippen LogP contribution in [0.4, 0.5) is 18.9 Å². The summed E-state index contributed by atoms with van der Waals surface area (Å²) in [5.41, 5.74) is -0.746. The zero-order valence-electron chi connectivity index (χ0n) is 15.3. The second-order valence-corrected chi connectivity index (χ2v) is 6.84. The number of rotatable bonds is 5. The van der Waals surface area contributed by atoms with Gasteiger partial charge in [-0.15, -0.1) is 0 Å². The number of amides is 1. The van der Waals surface area contributed by atoms with Gasteiger partial charge in [0, 0.05) is 24.0 Å². The van der Waals surface area contributed by atoms with Gasteiger partial charge in [-0.05, 0) is 31.0 Å². The molecule has 3 aromatic rings. The monoisotopic (exact) mass is 420 g/mol. The van der Waals surface area contributed by atoms with E-state index in [2.05, 4.69) is 20.0 Å². The average Bonchev–Trinajstić information content (AvgIpc) is 3.51. The number of carbonyl (C=O) groups excluding carboxylic acids is 1. The van der Waals surface area contributed by atoms with Gasteiger partial charge >= 0.3 is 11.9 Å². The number of fused-ring (bicyclic) bond motifs is 1. The Hall–Kier alpha value is -3.63. The Morgan fingerprint density at radius 2 is 2.03 bits per heavy atom. The predicted octanol–water partition coefficient (Wildman–Crippen LogP) is 2.61. The second kappa shape index (κ2) is 7.32. The number of hydrogen-bond acceptors (Lipinski definition) is 5. The summed E-state index contributed by atoms with van der Waals surface area (Å²) < 4.78 is 42.9. The number of hydrogen-bond donors (Lipinski definition) is 2. The van der Waals surface area contributed by atoms with Crippen LogP contribution in [-0.4, -0.2) is 33.2 Å². The molecule has 30 heavy (non-hydrogen) atoms. The maximum absolute atomic E-state index is 12.5. The van der Waals surface area contributed by atoms with Crippen molar-refractivity contribution in [2.45, 2.75) is 25.1 Å². The van der Waals surface area contributed by atoms with Crippen LogP contribution in [0, 0.1) is 0 Å². The van der Waals surface area contributed by atoms with Crippen molar-refractivity contribution >= 4 is 22.6 Å². The number of carbonyl (C=O) groups is 1. The fourth-order valence-electron chi connectivity index (χ4n) is 2.97. The molecule has 1 aliphatic carbocycles. The third kappa shape index (κ3) is 4.19. The first kappa shape index (κ1) is 19.7. The summed E-state index contributed by atoms with van der Waals surface area (Å²) in [5.74, 6) is -0.687. The number of H-pyrrole nitrogens is 1. The van der Waals surface area contributed by atoms with E-state index in [4.69, 9.17) is 0 Å². The molecule has 0 radical (unpaired) electrons. The molecule has 1 aliphatic rings. The van der Waals surface area contributed by atoms with E-state index in [0.29, 0.717) is 0 Å². The highest BCUT2D eigenvalue weighted by Crippen LogP contribution is 2.34. The maximum atomic E-state index is 12.5. The quantitative estimate of drug-likeness (QED) is 0.660. The van der Waals surface area contributed by atoms with Crippen LogP contribution in [0.25, 0.3) is 11.0 Å². The summed E-state index contributed by atoms with van der Waals surface area (Å²) in [6.45, 7) is -1.45. The van der Waals surface area contributed by atoms with Crippen molar-refractivity contribution in [1.29, 1.82) is 0 Å². The molecule has 2 aromatic heterocycles. The van der Waals surface area contributed by atoms with Crippen LogP contribution in [0.2, 0.25) is 0 Å². The fraction of sp³-hybridized carbons (Fsp3) is 0.263. The van der Waals surface area contributed by atoms with Gasteiger partial charge in [-0.3, -0.25) is 19.1 Å². The molecule has 8 nitrogen and oxygen atoms in total. The first-order valence-corrected chi connectivity index (χ1v) is 8.97. The number of ether oxygens (including phenoxy) is 1. The van der Waals surface area contributed by atoms with Gasteiger partial charge in [-0.25, -0.2) is 9.78 Å². The zero-order chi connectivity index (χ0) is 21.5. The standard InChI is InChI=1S/C19H15F3N4O4/c20-19(21,22)9-30-13-3-1-2-11(7-13)24-16(27)10-6-14-15(23-8-10)26(12-4-5-12)18(29)25-17(14)28/h1-3,6-8,12H,4-5,9H2,(H,24,27)(H,25,28,29). The van der Waals surface area contributed by atoms with Crippen LogP contribution in [0.3, 0.4) is 0 Å². The van der Waals surface area contributed by atoms with Crippen molar-refractivity contribution in [2.24, 2.45) is 0 Å². The van der Waals surface area contributed by atoms with Gasteiger partial charge in [-0.1, -0.05) is 6.07 Å². The lowest BCUT2D eigenvalue weighted by molar-refractivity contribution is -0.153. The van der Waals surface area contributed by atoms with Crippen LogP contribution in [0.15, 0.2) is 46.1 Å². The first-order chi connectivity index (χ1) is 14.2. The van der Waals surface area contributed by atoms with Crippen molar-refractivity contribution in [3.8, 4) is 5.75 Å². The van der Waals surface area contributed by atoms with E-state index in [1.54, 1.807) is 0 Å². The van der Waals surface area contributed by atoms with Crippen LogP contribution in [0.1, 0.15) is 29.2 Å². The van der Waals surface area contributed by atoms with E-state index in [1.165, 1.54) is 41.1 Å². The minimum atomic E-state index is -4.48. The summed E-state index contributed by atoms with van der Waals surface area (Å²) in [5, 5.41) is 2.61. The lowest BCUT2D eigenvalue weighted by Crippen LogP contribution is -2.30. The molecule has 0 spiro atoms. The van der Waals surface area contributed by atoms with Crippen LogP contribution in [0.5, 0.6) is 5.75 Å². The fourth-order valence-corrected chi connectivity index (χ4v) is 2.97. The number of benzene rings is 1. The predicted molar refractivity (Wildman–Crippen MR) is 101 cm³/mol. The molecule has 4 rings (SSSR count). The summed E-state index contributed by atoms with van der Waals surface area (Å²) in [6, 6.07) is 6.77. The molecule has 1 saturated carbocycles. The van der Waals surface area contributed by atoms with E-state index >= 15 is 0 Å². The highest BCUT2D eigenvalue weighted by molar-refractivity contribution is 6.05. The minimum Gasteiger partial charge on any atom is -0.484 e. The second-order valence-electron chi connectivity index (χ2n) is 6.84. The normalized spacial score (nSPS) is 14.0. The smallest absolute Gasteiger partial charge is 0.422 e. The molecular formula is C19H15F3N4O4. The number of aromatic amines is 1. The largest absolute Gasteiger partial charge is 0.484 e. The molecular weight excluding hydrogens is 405 g/mol. The molecule has 2 heterocycles. The highest BCUT2D eigenvalue weighted by Gasteiger charge is 2.29. The zero-order valence-corrected chi connectivity index (χ0v) is 15.3. The van der Waals surface area contributed by atoms with Gasteiger partial charge in [0.1, 0.15) is 11.4 Å². The molecule has 156 valence electrons. The lowest BCUT2D eigenvalue weighted by atomic mass is 10.2. The Kier molecular flexibility index (Phi) is 4.80. The molecule has 0 atom stereocenters. The van der Waals surface area contributed by atoms with Gasteiger partial charge in [0.05, 0.1) is 10.9 Å². The number of halogens is 3. The summed E-state index contributed by atoms with van der Waals surface area (Å²) >= 11 is 0. The first-order valence-electron chi connectivity index (χ1n) is 8.97. The van der Waals surface area contributed by atoms with Gasteiger partial charge in [-0.2, -0.15) is 13.2 Å². The van der Waals surface area contributed by atoms with Crippen LogP contribution < -0.4 is 21.3 Å². The highest BCUT2D eigenvalue weighted by atomic mass is 19.4. The molecule has 0 bridgehead atoms. The Morgan fingerprint density at radius 3 is 2.73 bits per heavy atom. The Labute approximate surface area is 166 Å². The number of alkyl halides is 3. The lowest BCUT2D eigenvalue weighted by Gasteiger charge is -2.11. The van der Waals surface area contributed by atoms with Crippen molar-refractivity contribution in [1.82, 2.24) is 14.5 Å². The molecule has 1 fully saturated rings. The summed E-state index contributed by atoms with van der Waals surface area (Å²) in [7, 11) is 0. The van der Waals surface area contributed by atoms with Crippen molar-refractivity contribution in [3.63, 3.8) is 0 Å². The number of nitrogens with one attached hydrogen (secondary N) is 2. The Morgan fingerprint density at radius 1 is 1.27 bits per heavy atom. The molecule has 0 unspecified atom stereocenters. The molecule has 1 amide bonds. The van der Waals surface area contributed by atoms with Crippen molar-refractivity contribution < 1.29 is 22.7 Å². The molecule has 11 heteroatoms. The SMILES string of the molecule is O=C(Nc1cccc(OCC(F)(F)F)c1)c1cnc2c(c1)c(=O)[nH]c(=O)n2C1CC1. The molecule has 0 saturated heterocycles. The van der Waals surface area contributed by atoms with Crippen LogP contribution >= 0.6 is 0 Å². The van der Waals surface area contributed by atoms with Crippen molar-refractivity contribution in [2.75, 3.05) is 11.9 Å². The number of pyridine rings is 1. The van der Waals surface area contributed by atoms with Gasteiger partial charge in [0.25, 0.3) is 11.5 Å². The molecule has 1 aromatic carbocycles.